The van der Waals surface area contributed by atoms with Gasteiger partial charge in [-0.2, -0.15) is 0 Å². The van der Waals surface area contributed by atoms with Gasteiger partial charge in [-0.05, 0) is 36.2 Å². The molecule has 2 aromatic carbocycles. The number of carbonyl (C=O) groups is 1. The van der Waals surface area contributed by atoms with E-state index in [1.165, 1.54) is 0 Å². The molecule has 0 N–H and O–H groups in total. The number of rotatable bonds is 10. The van der Waals surface area contributed by atoms with Crippen LogP contribution >= 0.6 is 0 Å². The van der Waals surface area contributed by atoms with Crippen LogP contribution in [0, 0.1) is 0 Å². The van der Waals surface area contributed by atoms with Crippen LogP contribution in [0.3, 0.4) is 0 Å². The van der Waals surface area contributed by atoms with Crippen molar-refractivity contribution < 1.29 is 23.7 Å². The molecule has 6 heteroatoms. The Morgan fingerprint density at radius 2 is 1.59 bits per heavy atom. The predicted molar refractivity (Wildman–Crippen MR) is 104 cm³/mol. The summed E-state index contributed by atoms with van der Waals surface area (Å²) in [5, 5.41) is 0. The number of amides is 1. The van der Waals surface area contributed by atoms with E-state index >= 15 is 0 Å². The van der Waals surface area contributed by atoms with E-state index in [0.29, 0.717) is 43.2 Å². The van der Waals surface area contributed by atoms with Gasteiger partial charge in [0, 0.05) is 13.5 Å². The van der Waals surface area contributed by atoms with Gasteiger partial charge in [-0.3, -0.25) is 4.79 Å². The smallest absolute Gasteiger partial charge is 0.222 e. The van der Waals surface area contributed by atoms with Gasteiger partial charge in [0.15, 0.2) is 11.5 Å². The summed E-state index contributed by atoms with van der Waals surface area (Å²) in [6, 6.07) is 13.3. The highest BCUT2D eigenvalue weighted by atomic mass is 16.5. The first-order valence-electron chi connectivity index (χ1n) is 8.79. The van der Waals surface area contributed by atoms with Gasteiger partial charge in [0.2, 0.25) is 11.7 Å². The average molecular weight is 373 g/mol. The number of ether oxygens (including phenoxy) is 4. The minimum atomic E-state index is 0.0559. The maximum Gasteiger partial charge on any atom is 0.222 e. The van der Waals surface area contributed by atoms with E-state index in [9.17, 15) is 4.79 Å². The summed E-state index contributed by atoms with van der Waals surface area (Å²) < 4.78 is 21.7. The van der Waals surface area contributed by atoms with Gasteiger partial charge in [0.05, 0.1) is 27.9 Å². The van der Waals surface area contributed by atoms with Crippen molar-refractivity contribution in [3.05, 3.63) is 48.0 Å². The van der Waals surface area contributed by atoms with Gasteiger partial charge in [0.25, 0.3) is 0 Å². The maximum absolute atomic E-state index is 12.4. The first-order valence-corrected chi connectivity index (χ1v) is 8.79. The lowest BCUT2D eigenvalue weighted by molar-refractivity contribution is -0.130. The van der Waals surface area contributed by atoms with Crippen molar-refractivity contribution in [1.29, 1.82) is 0 Å². The predicted octanol–water partition coefficient (Wildman–Crippen LogP) is 3.18. The van der Waals surface area contributed by atoms with Gasteiger partial charge < -0.3 is 23.8 Å². The molecule has 0 saturated heterocycles. The normalized spacial score (nSPS) is 10.2. The third kappa shape index (κ3) is 5.81. The summed E-state index contributed by atoms with van der Waals surface area (Å²) in [5.74, 6) is 2.58. The molecule has 0 unspecified atom stereocenters. The Morgan fingerprint density at radius 3 is 2.15 bits per heavy atom. The van der Waals surface area contributed by atoms with Crippen LogP contribution < -0.4 is 18.9 Å². The molecule has 2 aromatic rings. The zero-order valence-corrected chi connectivity index (χ0v) is 16.4. The van der Waals surface area contributed by atoms with E-state index in [4.69, 9.17) is 18.9 Å². The molecule has 2 rings (SSSR count). The molecule has 0 aliphatic rings. The fourth-order valence-corrected chi connectivity index (χ4v) is 2.66. The third-order valence-electron chi connectivity index (χ3n) is 4.22. The number of carbonyl (C=O) groups excluding carboxylic acids is 1. The van der Waals surface area contributed by atoms with Crippen LogP contribution in [0.15, 0.2) is 42.5 Å². The number of nitrogens with zero attached hydrogens (tertiary/aromatic N) is 1. The zero-order valence-electron chi connectivity index (χ0n) is 16.4. The van der Waals surface area contributed by atoms with Crippen LogP contribution in [0.4, 0.5) is 0 Å². The lowest BCUT2D eigenvalue weighted by atomic mass is 10.1. The molecule has 0 aliphatic heterocycles. The number of hydrogen-bond acceptors (Lipinski definition) is 5. The van der Waals surface area contributed by atoms with Gasteiger partial charge >= 0.3 is 0 Å². The molecular formula is C21H27NO5. The first-order chi connectivity index (χ1) is 13.1. The number of aryl methyl sites for hydroxylation is 1. The Morgan fingerprint density at radius 1 is 0.963 bits per heavy atom. The second-order valence-corrected chi connectivity index (χ2v) is 6.01. The van der Waals surface area contributed by atoms with Crippen LogP contribution in [0.5, 0.6) is 23.0 Å². The molecule has 27 heavy (non-hydrogen) atoms. The Hall–Kier alpha value is -2.89. The number of benzene rings is 2. The van der Waals surface area contributed by atoms with Crippen molar-refractivity contribution in [3.63, 3.8) is 0 Å². The molecule has 0 fully saturated rings. The maximum atomic E-state index is 12.4. The van der Waals surface area contributed by atoms with Gasteiger partial charge in [-0.1, -0.05) is 18.2 Å². The summed E-state index contributed by atoms with van der Waals surface area (Å²) in [6.07, 6.45) is 0.972. The fourth-order valence-electron chi connectivity index (χ4n) is 2.66. The van der Waals surface area contributed by atoms with Crippen molar-refractivity contribution in [1.82, 2.24) is 4.90 Å². The number of methoxy groups -OCH3 is 3. The van der Waals surface area contributed by atoms with Crippen LogP contribution in [-0.4, -0.2) is 52.3 Å². The minimum absolute atomic E-state index is 0.0559. The van der Waals surface area contributed by atoms with Crippen LogP contribution in [-0.2, 0) is 11.2 Å². The molecule has 1 amide bonds. The molecule has 0 radical (unpaired) electrons. The molecule has 0 saturated carbocycles. The largest absolute Gasteiger partial charge is 0.493 e. The molecule has 0 aromatic heterocycles. The number of hydrogen-bond donors (Lipinski definition) is 0. The molecule has 0 heterocycles. The Kier molecular flexibility index (Phi) is 7.79. The molecule has 0 bridgehead atoms. The van der Waals surface area contributed by atoms with Crippen LogP contribution in [0.1, 0.15) is 12.0 Å². The quantitative estimate of drug-likeness (QED) is 0.640. The average Bonchev–Trinajstić information content (AvgIpc) is 2.71. The van der Waals surface area contributed by atoms with E-state index in [2.05, 4.69) is 0 Å². The summed E-state index contributed by atoms with van der Waals surface area (Å²) in [7, 11) is 6.50. The lowest BCUT2D eigenvalue weighted by Crippen LogP contribution is -2.31. The van der Waals surface area contributed by atoms with Crippen LogP contribution in [0.2, 0.25) is 0 Å². The first kappa shape index (κ1) is 20.4. The molecule has 0 aliphatic carbocycles. The van der Waals surface area contributed by atoms with Gasteiger partial charge in [-0.25, -0.2) is 0 Å². The van der Waals surface area contributed by atoms with Gasteiger partial charge in [0.1, 0.15) is 12.4 Å². The second-order valence-electron chi connectivity index (χ2n) is 6.01. The van der Waals surface area contributed by atoms with E-state index in [-0.39, 0.29) is 5.91 Å². The molecule has 146 valence electrons. The van der Waals surface area contributed by atoms with Crippen molar-refractivity contribution >= 4 is 5.91 Å². The SMILES string of the molecule is COc1cc(CCC(=O)N(C)CCOc2ccccc2)cc(OC)c1OC. The summed E-state index contributed by atoms with van der Waals surface area (Å²) in [4.78, 5) is 14.1. The van der Waals surface area contributed by atoms with Crippen molar-refractivity contribution in [2.75, 3.05) is 41.5 Å². The van der Waals surface area contributed by atoms with E-state index in [1.54, 1.807) is 33.3 Å². The van der Waals surface area contributed by atoms with E-state index < -0.39 is 0 Å². The lowest BCUT2D eigenvalue weighted by Gasteiger charge is -2.18. The fraction of sp³-hybridized carbons (Fsp3) is 0.381. The summed E-state index contributed by atoms with van der Waals surface area (Å²) >= 11 is 0. The van der Waals surface area contributed by atoms with Gasteiger partial charge in [-0.15, -0.1) is 0 Å². The third-order valence-corrected chi connectivity index (χ3v) is 4.22. The Labute approximate surface area is 160 Å². The highest BCUT2D eigenvalue weighted by molar-refractivity contribution is 5.76. The zero-order chi connectivity index (χ0) is 19.6. The summed E-state index contributed by atoms with van der Waals surface area (Å²) in [5.41, 5.74) is 0.951. The van der Waals surface area contributed by atoms with Crippen molar-refractivity contribution in [2.45, 2.75) is 12.8 Å². The minimum Gasteiger partial charge on any atom is -0.493 e. The topological polar surface area (TPSA) is 57.2 Å². The Bertz CT molecular complexity index is 708. The van der Waals surface area contributed by atoms with Crippen LogP contribution in [0.25, 0.3) is 0 Å². The van der Waals surface area contributed by atoms with Crippen molar-refractivity contribution in [2.24, 2.45) is 0 Å². The highest BCUT2D eigenvalue weighted by Crippen LogP contribution is 2.38. The molecule has 0 atom stereocenters. The van der Waals surface area contributed by atoms with Crippen molar-refractivity contribution in [3.8, 4) is 23.0 Å². The number of likely N-dealkylation sites (N-methyl/N-ethyl adjacent to an activating group) is 1. The summed E-state index contributed by atoms with van der Waals surface area (Å²) in [6.45, 7) is 0.986. The second kappa shape index (κ2) is 10.3. The number of para-hydroxylation sites is 1. The monoisotopic (exact) mass is 373 g/mol. The standard InChI is InChI=1S/C21H27NO5/c1-22(12-13-27-17-8-6-5-7-9-17)20(23)11-10-16-14-18(24-2)21(26-4)19(15-16)25-3/h5-9,14-15H,10-13H2,1-4H3. The molecule has 0 spiro atoms. The Balaban J connectivity index is 1.87. The van der Waals surface area contributed by atoms with E-state index in [1.807, 2.05) is 42.5 Å². The molecular weight excluding hydrogens is 346 g/mol. The molecule has 6 nitrogen and oxygen atoms in total. The highest BCUT2D eigenvalue weighted by Gasteiger charge is 2.15. The van der Waals surface area contributed by atoms with E-state index in [0.717, 1.165) is 11.3 Å².